The predicted octanol–water partition coefficient (Wildman–Crippen LogP) is 4.93. The van der Waals surface area contributed by atoms with Crippen LogP contribution in [0.25, 0.3) is 11.1 Å². The first-order valence-corrected chi connectivity index (χ1v) is 7.49. The van der Waals surface area contributed by atoms with Gasteiger partial charge >= 0.3 is 12.3 Å². The zero-order valence-electron chi connectivity index (χ0n) is 14.2. The molecule has 2 rings (SSSR count). The second kappa shape index (κ2) is 7.17. The van der Waals surface area contributed by atoms with E-state index in [2.05, 4.69) is 30.2 Å². The summed E-state index contributed by atoms with van der Waals surface area (Å²) in [7, 11) is 1.11. The lowest BCUT2D eigenvalue weighted by molar-refractivity contribution is 0.0716. The first kappa shape index (κ1) is 17.5. The van der Waals surface area contributed by atoms with Gasteiger partial charge in [-0.25, -0.2) is 9.59 Å². The summed E-state index contributed by atoms with van der Waals surface area (Å²) in [6, 6.07) is 15.0. The molecule has 0 aromatic heterocycles. The third-order valence-electron chi connectivity index (χ3n) is 3.44. The Labute approximate surface area is 141 Å². The third kappa shape index (κ3) is 4.13. The fourth-order valence-electron chi connectivity index (χ4n) is 2.37. The van der Waals surface area contributed by atoms with Crippen molar-refractivity contribution >= 4 is 12.3 Å². The second-order valence-corrected chi connectivity index (χ2v) is 6.20. The van der Waals surface area contributed by atoms with Gasteiger partial charge in [-0.15, -0.1) is 0 Å². The SMILES string of the molecule is COC(=O)OC(=O)Oc1ccccc1-c1ccccc1C(C)(C)C. The van der Waals surface area contributed by atoms with E-state index in [1.54, 1.807) is 12.1 Å². The highest BCUT2D eigenvalue weighted by molar-refractivity contribution is 5.81. The smallest absolute Gasteiger partial charge is 0.437 e. The van der Waals surface area contributed by atoms with Crippen LogP contribution in [0.1, 0.15) is 26.3 Å². The van der Waals surface area contributed by atoms with Crippen LogP contribution in [0.4, 0.5) is 9.59 Å². The maximum absolute atomic E-state index is 11.7. The van der Waals surface area contributed by atoms with Gasteiger partial charge in [-0.1, -0.05) is 63.2 Å². The molecule has 2 aromatic carbocycles. The Balaban J connectivity index is 2.40. The molecule has 0 radical (unpaired) electrons. The Bertz CT molecular complexity index is 743. The van der Waals surface area contributed by atoms with Gasteiger partial charge in [0.1, 0.15) is 5.75 Å². The van der Waals surface area contributed by atoms with Crippen LogP contribution < -0.4 is 4.74 Å². The molecule has 5 heteroatoms. The van der Waals surface area contributed by atoms with Crippen molar-refractivity contribution in [1.82, 2.24) is 0 Å². The molecule has 0 unspecified atom stereocenters. The molecule has 0 atom stereocenters. The number of rotatable bonds is 2. The van der Waals surface area contributed by atoms with Crippen LogP contribution in [-0.4, -0.2) is 19.4 Å². The van der Waals surface area contributed by atoms with Gasteiger partial charge in [0.05, 0.1) is 7.11 Å². The van der Waals surface area contributed by atoms with Gasteiger partial charge in [-0.05, 0) is 22.6 Å². The molecule has 0 heterocycles. The van der Waals surface area contributed by atoms with Crippen molar-refractivity contribution in [1.29, 1.82) is 0 Å². The van der Waals surface area contributed by atoms with E-state index in [9.17, 15) is 9.59 Å². The summed E-state index contributed by atoms with van der Waals surface area (Å²) in [5, 5.41) is 0. The molecule has 24 heavy (non-hydrogen) atoms. The van der Waals surface area contributed by atoms with Crippen molar-refractivity contribution in [3.63, 3.8) is 0 Å². The average molecular weight is 328 g/mol. The molecule has 0 spiro atoms. The van der Waals surface area contributed by atoms with Crippen molar-refractivity contribution < 1.29 is 23.8 Å². The topological polar surface area (TPSA) is 61.8 Å². The third-order valence-corrected chi connectivity index (χ3v) is 3.44. The molecular weight excluding hydrogens is 308 g/mol. The van der Waals surface area contributed by atoms with Crippen LogP contribution >= 0.6 is 0 Å². The van der Waals surface area contributed by atoms with Crippen LogP contribution in [0, 0.1) is 0 Å². The van der Waals surface area contributed by atoms with Crippen LogP contribution in [0.3, 0.4) is 0 Å². The predicted molar refractivity (Wildman–Crippen MR) is 90.1 cm³/mol. The molecule has 0 bridgehead atoms. The van der Waals surface area contributed by atoms with Crippen molar-refractivity contribution in [3.8, 4) is 16.9 Å². The zero-order chi connectivity index (χ0) is 17.7. The Kier molecular flexibility index (Phi) is 5.24. The van der Waals surface area contributed by atoms with Crippen molar-refractivity contribution in [3.05, 3.63) is 54.1 Å². The van der Waals surface area contributed by atoms with Gasteiger partial charge < -0.3 is 14.2 Å². The highest BCUT2D eigenvalue weighted by Gasteiger charge is 2.21. The molecule has 0 fully saturated rings. The number of benzene rings is 2. The standard InChI is InChI=1S/C19H20O5/c1-19(2,3)15-11-7-5-9-13(15)14-10-6-8-12-16(14)23-18(21)24-17(20)22-4/h5-12H,1-4H3. The molecule has 0 aliphatic carbocycles. The van der Waals surface area contributed by atoms with Crippen molar-refractivity contribution in [2.45, 2.75) is 26.2 Å². The lowest BCUT2D eigenvalue weighted by Gasteiger charge is -2.23. The van der Waals surface area contributed by atoms with Gasteiger partial charge in [-0.3, -0.25) is 0 Å². The van der Waals surface area contributed by atoms with E-state index in [4.69, 9.17) is 4.74 Å². The summed E-state index contributed by atoms with van der Waals surface area (Å²) in [6.07, 6.45) is -2.25. The Hall–Kier alpha value is -2.82. The van der Waals surface area contributed by atoms with Crippen molar-refractivity contribution in [2.24, 2.45) is 0 Å². The highest BCUT2D eigenvalue weighted by Crippen LogP contribution is 2.37. The monoisotopic (exact) mass is 328 g/mol. The quantitative estimate of drug-likeness (QED) is 0.444. The van der Waals surface area contributed by atoms with Crippen molar-refractivity contribution in [2.75, 3.05) is 7.11 Å². The Morgan fingerprint density at radius 3 is 2.04 bits per heavy atom. The number of carbonyl (C=O) groups excluding carboxylic acids is 2. The molecular formula is C19H20O5. The molecule has 0 amide bonds. The summed E-state index contributed by atoms with van der Waals surface area (Å²) >= 11 is 0. The van der Waals surface area contributed by atoms with E-state index >= 15 is 0 Å². The summed E-state index contributed by atoms with van der Waals surface area (Å²) in [5.74, 6) is 0.308. The van der Waals surface area contributed by atoms with Crippen LogP contribution in [0.2, 0.25) is 0 Å². The van der Waals surface area contributed by atoms with E-state index in [1.165, 1.54) is 0 Å². The van der Waals surface area contributed by atoms with Crippen LogP contribution in [0.15, 0.2) is 48.5 Å². The normalized spacial score (nSPS) is 10.8. The molecule has 2 aromatic rings. The fourth-order valence-corrected chi connectivity index (χ4v) is 2.37. The number of para-hydroxylation sites is 1. The van der Waals surface area contributed by atoms with Crippen LogP contribution in [-0.2, 0) is 14.9 Å². The number of methoxy groups -OCH3 is 1. The Morgan fingerprint density at radius 1 is 0.833 bits per heavy atom. The largest absolute Gasteiger partial charge is 0.524 e. The summed E-state index contributed by atoms with van der Waals surface area (Å²) in [4.78, 5) is 22.7. The van der Waals surface area contributed by atoms with E-state index in [1.807, 2.05) is 36.4 Å². The van der Waals surface area contributed by atoms with Gasteiger partial charge in [0.15, 0.2) is 0 Å². The summed E-state index contributed by atoms with van der Waals surface area (Å²) < 4.78 is 13.8. The molecule has 0 N–H and O–H groups in total. The minimum absolute atomic E-state index is 0.0871. The highest BCUT2D eigenvalue weighted by atomic mass is 16.8. The van der Waals surface area contributed by atoms with E-state index in [0.29, 0.717) is 5.75 Å². The van der Waals surface area contributed by atoms with E-state index in [0.717, 1.165) is 23.8 Å². The maximum atomic E-state index is 11.7. The van der Waals surface area contributed by atoms with Gasteiger partial charge in [0.25, 0.3) is 0 Å². The van der Waals surface area contributed by atoms with Gasteiger partial charge in [0, 0.05) is 5.56 Å². The molecule has 126 valence electrons. The van der Waals surface area contributed by atoms with Crippen LogP contribution in [0.5, 0.6) is 5.75 Å². The number of carbonyl (C=O) groups is 2. The fraction of sp³-hybridized carbons (Fsp3) is 0.263. The minimum Gasteiger partial charge on any atom is -0.437 e. The lowest BCUT2D eigenvalue weighted by atomic mass is 9.82. The molecule has 0 aliphatic heterocycles. The Morgan fingerprint density at radius 2 is 1.42 bits per heavy atom. The molecule has 5 nitrogen and oxygen atoms in total. The molecule has 0 saturated heterocycles. The molecule has 0 aliphatic rings. The first-order chi connectivity index (χ1) is 11.3. The van der Waals surface area contributed by atoms with Gasteiger partial charge in [-0.2, -0.15) is 0 Å². The summed E-state index contributed by atoms with van der Waals surface area (Å²) in [5.41, 5.74) is 2.72. The second-order valence-electron chi connectivity index (χ2n) is 6.20. The zero-order valence-corrected chi connectivity index (χ0v) is 14.2. The number of hydrogen-bond donors (Lipinski definition) is 0. The maximum Gasteiger partial charge on any atom is 0.524 e. The van der Waals surface area contributed by atoms with Gasteiger partial charge in [0.2, 0.25) is 0 Å². The average Bonchev–Trinajstić information content (AvgIpc) is 2.54. The van der Waals surface area contributed by atoms with E-state index in [-0.39, 0.29) is 5.41 Å². The number of hydrogen-bond acceptors (Lipinski definition) is 5. The number of ether oxygens (including phenoxy) is 3. The summed E-state index contributed by atoms with van der Waals surface area (Å²) in [6.45, 7) is 6.34. The molecule has 0 saturated carbocycles. The van der Waals surface area contributed by atoms with E-state index < -0.39 is 12.3 Å². The first-order valence-electron chi connectivity index (χ1n) is 7.49. The minimum atomic E-state index is -1.14. The lowest BCUT2D eigenvalue weighted by Crippen LogP contribution is -2.17.